The van der Waals surface area contributed by atoms with Crippen molar-refractivity contribution >= 4 is 12.1 Å². The predicted octanol–water partition coefficient (Wildman–Crippen LogP) is 3.42. The van der Waals surface area contributed by atoms with Crippen molar-refractivity contribution in [3.05, 3.63) is 35.4 Å². The first-order valence-electron chi connectivity index (χ1n) is 7.94. The van der Waals surface area contributed by atoms with Crippen molar-refractivity contribution in [1.29, 1.82) is 0 Å². The molecule has 5 heteroatoms. The van der Waals surface area contributed by atoms with E-state index in [2.05, 4.69) is 0 Å². The van der Waals surface area contributed by atoms with Crippen molar-refractivity contribution in [3.63, 3.8) is 0 Å². The van der Waals surface area contributed by atoms with Gasteiger partial charge in [-0.1, -0.05) is 29.8 Å². The third-order valence-corrected chi connectivity index (χ3v) is 4.09. The van der Waals surface area contributed by atoms with Gasteiger partial charge in [0.2, 0.25) is 0 Å². The number of hydrogen-bond acceptors (Lipinski definition) is 3. The normalized spacial score (nSPS) is 21.8. The molecule has 2 atom stereocenters. The molecule has 0 spiro atoms. The quantitative estimate of drug-likeness (QED) is 0.907. The van der Waals surface area contributed by atoms with E-state index in [4.69, 9.17) is 4.74 Å². The Morgan fingerprint density at radius 1 is 1.22 bits per heavy atom. The van der Waals surface area contributed by atoms with Crippen LogP contribution in [-0.4, -0.2) is 40.8 Å². The van der Waals surface area contributed by atoms with E-state index in [0.29, 0.717) is 13.0 Å². The number of carbonyl (C=O) groups excluding carboxylic acids is 1. The Bertz CT molecular complexity index is 574. The second-order valence-electron chi connectivity index (χ2n) is 7.18. The maximum Gasteiger partial charge on any atom is 0.410 e. The van der Waals surface area contributed by atoms with Gasteiger partial charge in [-0.15, -0.1) is 0 Å². The fraction of sp³-hybridized carbons (Fsp3) is 0.556. The maximum absolute atomic E-state index is 12.2. The predicted molar refractivity (Wildman–Crippen MR) is 87.5 cm³/mol. The third kappa shape index (κ3) is 4.47. The average molecular weight is 319 g/mol. The van der Waals surface area contributed by atoms with Gasteiger partial charge in [0, 0.05) is 19.0 Å². The van der Waals surface area contributed by atoms with Gasteiger partial charge in [0.05, 0.1) is 5.92 Å². The molecule has 1 heterocycles. The molecule has 1 aromatic carbocycles. The first-order chi connectivity index (χ1) is 10.7. The van der Waals surface area contributed by atoms with Crippen molar-refractivity contribution in [2.45, 2.75) is 45.6 Å². The minimum Gasteiger partial charge on any atom is -0.481 e. The van der Waals surface area contributed by atoms with Gasteiger partial charge >= 0.3 is 12.1 Å². The van der Waals surface area contributed by atoms with Crippen LogP contribution < -0.4 is 0 Å². The monoisotopic (exact) mass is 319 g/mol. The maximum atomic E-state index is 12.2. The molecule has 1 aliphatic heterocycles. The molecule has 0 bridgehead atoms. The summed E-state index contributed by atoms with van der Waals surface area (Å²) >= 11 is 0. The molecule has 0 aromatic heterocycles. The molecule has 0 saturated carbocycles. The van der Waals surface area contributed by atoms with Gasteiger partial charge in [-0.05, 0) is 39.7 Å². The Morgan fingerprint density at radius 2 is 1.83 bits per heavy atom. The summed E-state index contributed by atoms with van der Waals surface area (Å²) in [5.41, 5.74) is 1.59. The zero-order valence-electron chi connectivity index (χ0n) is 14.2. The summed E-state index contributed by atoms with van der Waals surface area (Å²) in [5.74, 6) is -1.56. The zero-order valence-corrected chi connectivity index (χ0v) is 14.2. The highest BCUT2D eigenvalue weighted by atomic mass is 16.6. The van der Waals surface area contributed by atoms with Crippen molar-refractivity contribution in [2.75, 3.05) is 13.1 Å². The van der Waals surface area contributed by atoms with Crippen molar-refractivity contribution in [1.82, 2.24) is 4.90 Å². The van der Waals surface area contributed by atoms with Gasteiger partial charge < -0.3 is 14.7 Å². The van der Waals surface area contributed by atoms with Gasteiger partial charge in [0.15, 0.2) is 0 Å². The van der Waals surface area contributed by atoms with Crippen molar-refractivity contribution < 1.29 is 19.4 Å². The van der Waals surface area contributed by atoms with Crippen LogP contribution in [0.3, 0.4) is 0 Å². The summed E-state index contributed by atoms with van der Waals surface area (Å²) in [6.45, 7) is 8.11. The van der Waals surface area contributed by atoms with Crippen LogP contribution in [0.4, 0.5) is 4.79 Å². The minimum atomic E-state index is -0.871. The number of ether oxygens (including phenoxy) is 1. The Hall–Kier alpha value is -2.04. The number of carboxylic acids is 1. The number of amides is 1. The Morgan fingerprint density at radius 3 is 2.35 bits per heavy atom. The third-order valence-electron chi connectivity index (χ3n) is 4.09. The van der Waals surface area contributed by atoms with Crippen LogP contribution in [0, 0.1) is 12.8 Å². The number of carboxylic acid groups (broad SMARTS) is 1. The summed E-state index contributed by atoms with van der Waals surface area (Å²) in [7, 11) is 0. The zero-order chi connectivity index (χ0) is 17.2. The lowest BCUT2D eigenvalue weighted by Gasteiger charge is -2.37. The fourth-order valence-corrected chi connectivity index (χ4v) is 2.91. The smallest absolute Gasteiger partial charge is 0.410 e. The average Bonchev–Trinajstić information content (AvgIpc) is 2.45. The lowest BCUT2D eigenvalue weighted by molar-refractivity contribution is -0.144. The summed E-state index contributed by atoms with van der Waals surface area (Å²) in [6, 6.07) is 7.96. The summed E-state index contributed by atoms with van der Waals surface area (Å²) in [6.07, 6.45) is 0.185. The highest BCUT2D eigenvalue weighted by molar-refractivity contribution is 5.74. The van der Waals surface area contributed by atoms with E-state index in [1.54, 1.807) is 20.8 Å². The van der Waals surface area contributed by atoms with Crippen LogP contribution in [0.2, 0.25) is 0 Å². The van der Waals surface area contributed by atoms with E-state index in [0.717, 1.165) is 11.1 Å². The van der Waals surface area contributed by atoms with Gasteiger partial charge in [-0.2, -0.15) is 0 Å². The van der Waals surface area contributed by atoms with Crippen LogP contribution in [-0.2, 0) is 9.53 Å². The molecular formula is C18H25NO4. The van der Waals surface area contributed by atoms with E-state index in [-0.39, 0.29) is 12.5 Å². The first-order valence-corrected chi connectivity index (χ1v) is 7.94. The largest absolute Gasteiger partial charge is 0.481 e. The van der Waals surface area contributed by atoms with Crippen LogP contribution >= 0.6 is 0 Å². The Kier molecular flexibility index (Phi) is 4.97. The van der Waals surface area contributed by atoms with Crippen LogP contribution in [0.1, 0.15) is 44.2 Å². The number of rotatable bonds is 2. The Labute approximate surface area is 137 Å². The van der Waals surface area contributed by atoms with E-state index < -0.39 is 23.6 Å². The lowest BCUT2D eigenvalue weighted by atomic mass is 9.80. The van der Waals surface area contributed by atoms with E-state index >= 15 is 0 Å². The molecule has 1 N–H and O–H groups in total. The van der Waals surface area contributed by atoms with Gasteiger partial charge in [-0.25, -0.2) is 4.79 Å². The number of aliphatic carboxylic acids is 1. The number of piperidine rings is 1. The molecule has 1 aromatic rings. The topological polar surface area (TPSA) is 66.8 Å². The molecule has 0 radical (unpaired) electrons. The summed E-state index contributed by atoms with van der Waals surface area (Å²) in [4.78, 5) is 25.4. The van der Waals surface area contributed by atoms with Crippen LogP contribution in [0.15, 0.2) is 24.3 Å². The highest BCUT2D eigenvalue weighted by Crippen LogP contribution is 2.34. The highest BCUT2D eigenvalue weighted by Gasteiger charge is 2.38. The van der Waals surface area contributed by atoms with Gasteiger partial charge in [-0.3, -0.25) is 4.79 Å². The number of likely N-dealkylation sites (tertiary alicyclic amines) is 1. The standard InChI is InChI=1S/C18H25NO4/c1-12-5-7-13(8-6-12)14-9-10-19(11-15(14)16(20)21)17(22)23-18(2,3)4/h5-8,14-15H,9-11H2,1-4H3,(H,20,21)/t14-,15-/m0/s1. The fourth-order valence-electron chi connectivity index (χ4n) is 2.91. The second kappa shape index (κ2) is 6.60. The number of hydrogen-bond donors (Lipinski definition) is 1. The van der Waals surface area contributed by atoms with E-state index in [1.807, 2.05) is 31.2 Å². The van der Waals surface area contributed by atoms with Gasteiger partial charge in [0.1, 0.15) is 5.60 Å². The molecule has 2 rings (SSSR count). The SMILES string of the molecule is Cc1ccc([C@@H]2CCN(C(=O)OC(C)(C)C)C[C@@H]2C(=O)O)cc1. The van der Waals surface area contributed by atoms with Crippen molar-refractivity contribution in [3.8, 4) is 0 Å². The second-order valence-corrected chi connectivity index (χ2v) is 7.18. The van der Waals surface area contributed by atoms with Gasteiger partial charge in [0.25, 0.3) is 0 Å². The molecule has 1 amide bonds. The molecule has 23 heavy (non-hydrogen) atoms. The molecule has 1 saturated heterocycles. The van der Waals surface area contributed by atoms with E-state index in [1.165, 1.54) is 4.90 Å². The molecular weight excluding hydrogens is 294 g/mol. The van der Waals surface area contributed by atoms with Crippen molar-refractivity contribution in [2.24, 2.45) is 5.92 Å². The number of aryl methyl sites for hydroxylation is 1. The molecule has 0 unspecified atom stereocenters. The van der Waals surface area contributed by atoms with Crippen LogP contribution in [0.25, 0.3) is 0 Å². The molecule has 0 aliphatic carbocycles. The molecule has 5 nitrogen and oxygen atoms in total. The number of benzene rings is 1. The molecule has 1 aliphatic rings. The van der Waals surface area contributed by atoms with E-state index in [9.17, 15) is 14.7 Å². The molecule has 1 fully saturated rings. The molecule has 126 valence electrons. The number of nitrogens with zero attached hydrogens (tertiary/aromatic N) is 1. The van der Waals surface area contributed by atoms with Crippen LogP contribution in [0.5, 0.6) is 0 Å². The number of carbonyl (C=O) groups is 2. The summed E-state index contributed by atoms with van der Waals surface area (Å²) < 4.78 is 5.36. The lowest BCUT2D eigenvalue weighted by Crippen LogP contribution is -2.47. The Balaban J connectivity index is 2.13. The minimum absolute atomic E-state index is 0.0770. The summed E-state index contributed by atoms with van der Waals surface area (Å²) in [5, 5.41) is 9.58. The first kappa shape index (κ1) is 17.3.